The molecule has 3 aliphatic rings. The van der Waals surface area contributed by atoms with Gasteiger partial charge in [0.1, 0.15) is 29.5 Å². The van der Waals surface area contributed by atoms with Gasteiger partial charge in [0, 0.05) is 29.8 Å². The number of nitrogens with one attached hydrogen (secondary N) is 3. The molecule has 14 heteroatoms. The van der Waals surface area contributed by atoms with Gasteiger partial charge in [0.2, 0.25) is 33.6 Å². The van der Waals surface area contributed by atoms with Crippen molar-refractivity contribution < 1.29 is 37.1 Å². The number of pyridine rings is 1. The van der Waals surface area contributed by atoms with Crippen LogP contribution in [0.1, 0.15) is 73.1 Å². The monoisotopic (exact) mass is 711 g/mol. The van der Waals surface area contributed by atoms with Crippen LogP contribution < -0.4 is 24.8 Å². The molecule has 2 aliphatic carbocycles. The summed E-state index contributed by atoms with van der Waals surface area (Å²) in [7, 11) is -2.31. The van der Waals surface area contributed by atoms with Crippen molar-refractivity contribution in [2.24, 2.45) is 17.3 Å². The maximum atomic E-state index is 14.5. The van der Waals surface area contributed by atoms with Crippen molar-refractivity contribution in [1.29, 1.82) is 0 Å². The van der Waals surface area contributed by atoms with Gasteiger partial charge in [-0.3, -0.25) is 23.9 Å². The number of nitrogens with zero attached hydrogens (tertiary/aromatic N) is 2. The summed E-state index contributed by atoms with van der Waals surface area (Å²) in [6.45, 7) is 13.1. The minimum Gasteiger partial charge on any atom is -0.497 e. The van der Waals surface area contributed by atoms with Gasteiger partial charge in [-0.1, -0.05) is 40.7 Å². The van der Waals surface area contributed by atoms with Gasteiger partial charge in [-0.2, -0.15) is 0 Å². The number of hydrogen-bond donors (Lipinski definition) is 3. The van der Waals surface area contributed by atoms with E-state index >= 15 is 0 Å². The van der Waals surface area contributed by atoms with E-state index in [1.165, 1.54) is 11.0 Å². The van der Waals surface area contributed by atoms with Crippen molar-refractivity contribution in [1.82, 2.24) is 25.2 Å². The Hall–Kier alpha value is -4.20. The van der Waals surface area contributed by atoms with E-state index < -0.39 is 68.1 Å². The first-order valence-corrected chi connectivity index (χ1v) is 18.8. The molecule has 0 radical (unpaired) electrons. The first-order valence-electron chi connectivity index (χ1n) is 17.3. The van der Waals surface area contributed by atoms with Crippen LogP contribution in [0.25, 0.3) is 10.8 Å². The fourth-order valence-electron chi connectivity index (χ4n) is 6.64. The van der Waals surface area contributed by atoms with Gasteiger partial charge in [0.05, 0.1) is 18.9 Å². The standard InChI is InChI=1S/C36H49N5O8S/c1-8-21(9-2)30(42)38-29(35(4,5)6)33(44)41-20-25(49-32-27-14-11-24(48-7)17-22(27)15-16-37-32)18-28(41)31(43)39-36(19-23(36)10-3)34(45)40-50(46,47)26-12-13-26/h10-11,14-17,21,23,25-26,28-29H,3,8-9,12-13,18-20H2,1-2,4-7H3,(H,38,42)(H,39,43)(H,40,45)/t23-,25-,28+,29-,36-/m1/s1. The highest BCUT2D eigenvalue weighted by molar-refractivity contribution is 7.91. The number of fused-ring (bicyclic) bond motifs is 1. The van der Waals surface area contributed by atoms with E-state index in [9.17, 15) is 27.6 Å². The van der Waals surface area contributed by atoms with Crippen LogP contribution in [-0.4, -0.2) is 84.6 Å². The highest BCUT2D eigenvalue weighted by atomic mass is 32.2. The van der Waals surface area contributed by atoms with Crippen molar-refractivity contribution in [3.05, 3.63) is 43.1 Å². The van der Waals surface area contributed by atoms with Crippen molar-refractivity contribution in [2.75, 3.05) is 13.7 Å². The van der Waals surface area contributed by atoms with Crippen LogP contribution in [0.4, 0.5) is 0 Å². The van der Waals surface area contributed by atoms with E-state index in [4.69, 9.17) is 9.47 Å². The lowest BCUT2D eigenvalue weighted by Crippen LogP contribution is -2.60. The lowest BCUT2D eigenvalue weighted by Gasteiger charge is -2.36. The Kier molecular flexibility index (Phi) is 10.5. The van der Waals surface area contributed by atoms with Crippen LogP contribution in [0.5, 0.6) is 11.6 Å². The summed E-state index contributed by atoms with van der Waals surface area (Å²) in [4.78, 5) is 61.3. The van der Waals surface area contributed by atoms with Crippen molar-refractivity contribution >= 4 is 44.4 Å². The first kappa shape index (κ1) is 37.1. The number of hydrogen-bond acceptors (Lipinski definition) is 9. The first-order chi connectivity index (χ1) is 23.6. The molecular weight excluding hydrogens is 662 g/mol. The molecule has 3 fully saturated rings. The maximum Gasteiger partial charge on any atom is 0.259 e. The molecule has 5 atom stereocenters. The summed E-state index contributed by atoms with van der Waals surface area (Å²) in [5, 5.41) is 6.67. The Balaban J connectivity index is 1.45. The van der Waals surface area contributed by atoms with Crippen LogP contribution in [-0.2, 0) is 29.2 Å². The van der Waals surface area contributed by atoms with Crippen LogP contribution in [0.15, 0.2) is 43.1 Å². The van der Waals surface area contributed by atoms with Gasteiger partial charge in [0.25, 0.3) is 5.91 Å². The number of carbonyl (C=O) groups excluding carboxylic acids is 4. The third kappa shape index (κ3) is 7.59. The summed E-state index contributed by atoms with van der Waals surface area (Å²) in [6.07, 6.45) is 4.79. The summed E-state index contributed by atoms with van der Waals surface area (Å²) in [5.41, 5.74) is -2.25. The second kappa shape index (κ2) is 14.2. The Labute approximate surface area is 294 Å². The number of methoxy groups -OCH3 is 1. The van der Waals surface area contributed by atoms with Gasteiger partial charge in [-0.15, -0.1) is 6.58 Å². The minimum atomic E-state index is -3.88. The average Bonchev–Trinajstić information content (AvgIpc) is 4.00. The fraction of sp³-hybridized carbons (Fsp3) is 0.583. The van der Waals surface area contributed by atoms with Gasteiger partial charge in [-0.25, -0.2) is 13.4 Å². The van der Waals surface area contributed by atoms with E-state index in [1.54, 1.807) is 19.4 Å². The number of likely N-dealkylation sites (tertiary alicyclic amines) is 1. The normalized spacial score (nSPS) is 24.0. The molecule has 4 amide bonds. The summed E-state index contributed by atoms with van der Waals surface area (Å²) < 4.78 is 39.2. The Bertz CT molecular complexity index is 1770. The van der Waals surface area contributed by atoms with E-state index in [2.05, 4.69) is 26.9 Å². The zero-order valence-electron chi connectivity index (χ0n) is 29.7. The number of carbonyl (C=O) groups is 4. The lowest BCUT2D eigenvalue weighted by atomic mass is 9.85. The van der Waals surface area contributed by atoms with Crippen molar-refractivity contribution in [2.45, 2.75) is 102 Å². The Morgan fingerprint density at radius 1 is 1.14 bits per heavy atom. The number of benzene rings is 1. The lowest BCUT2D eigenvalue weighted by molar-refractivity contribution is -0.145. The second-order valence-electron chi connectivity index (χ2n) is 14.7. The SMILES string of the molecule is C=C[C@@H]1C[C@]1(NC(=O)[C@@H]1C[C@@H](Oc2nccc3cc(OC)ccc23)CN1C(=O)[C@@H](NC(=O)C(CC)CC)C(C)(C)C)C(=O)NS(=O)(=O)C1CC1. The minimum absolute atomic E-state index is 0.00127. The number of amides is 4. The quantitative estimate of drug-likeness (QED) is 0.249. The molecule has 1 aromatic carbocycles. The van der Waals surface area contributed by atoms with Crippen molar-refractivity contribution in [3.63, 3.8) is 0 Å². The highest BCUT2D eigenvalue weighted by Gasteiger charge is 2.62. The molecule has 1 aromatic heterocycles. The molecule has 3 N–H and O–H groups in total. The number of sulfonamides is 1. The molecule has 2 heterocycles. The highest BCUT2D eigenvalue weighted by Crippen LogP contribution is 2.45. The van der Waals surface area contributed by atoms with E-state index in [1.807, 2.05) is 52.8 Å². The molecule has 13 nitrogen and oxygen atoms in total. The molecule has 5 rings (SSSR count). The van der Waals surface area contributed by atoms with Crippen LogP contribution in [0.3, 0.4) is 0 Å². The smallest absolute Gasteiger partial charge is 0.259 e. The predicted octanol–water partition coefficient (Wildman–Crippen LogP) is 3.23. The molecule has 50 heavy (non-hydrogen) atoms. The predicted molar refractivity (Wildman–Crippen MR) is 188 cm³/mol. The average molecular weight is 712 g/mol. The molecule has 0 bridgehead atoms. The van der Waals surface area contributed by atoms with Crippen LogP contribution in [0.2, 0.25) is 0 Å². The topological polar surface area (TPSA) is 173 Å². The number of aromatic nitrogens is 1. The largest absolute Gasteiger partial charge is 0.497 e. The number of ether oxygens (including phenoxy) is 2. The van der Waals surface area contributed by atoms with Gasteiger partial charge in [-0.05, 0) is 67.2 Å². The molecule has 0 spiro atoms. The molecular formula is C36H49N5O8S. The zero-order valence-corrected chi connectivity index (χ0v) is 30.5. The Morgan fingerprint density at radius 3 is 2.42 bits per heavy atom. The maximum absolute atomic E-state index is 14.5. The molecule has 0 unspecified atom stereocenters. The number of rotatable bonds is 14. The van der Waals surface area contributed by atoms with Gasteiger partial charge < -0.3 is 25.0 Å². The van der Waals surface area contributed by atoms with Gasteiger partial charge in [0.15, 0.2) is 0 Å². The Morgan fingerprint density at radius 2 is 1.84 bits per heavy atom. The van der Waals surface area contributed by atoms with Crippen LogP contribution >= 0.6 is 0 Å². The van der Waals surface area contributed by atoms with Crippen LogP contribution in [0, 0.1) is 17.3 Å². The summed E-state index contributed by atoms with van der Waals surface area (Å²) in [5.74, 6) is -1.99. The summed E-state index contributed by atoms with van der Waals surface area (Å²) >= 11 is 0. The molecule has 2 aromatic rings. The van der Waals surface area contributed by atoms with E-state index in [0.29, 0.717) is 42.7 Å². The van der Waals surface area contributed by atoms with E-state index in [0.717, 1.165) is 5.39 Å². The second-order valence-corrected chi connectivity index (χ2v) is 16.6. The van der Waals surface area contributed by atoms with Crippen molar-refractivity contribution in [3.8, 4) is 11.6 Å². The fourth-order valence-corrected chi connectivity index (χ4v) is 8.00. The van der Waals surface area contributed by atoms with E-state index in [-0.39, 0.29) is 31.2 Å². The molecule has 1 saturated heterocycles. The molecule has 1 aliphatic heterocycles. The molecule has 272 valence electrons. The molecule has 2 saturated carbocycles. The third-order valence-electron chi connectivity index (χ3n) is 10.1. The van der Waals surface area contributed by atoms with Gasteiger partial charge >= 0.3 is 0 Å². The zero-order chi connectivity index (χ0) is 36.6. The summed E-state index contributed by atoms with van der Waals surface area (Å²) in [6, 6.07) is 5.20. The third-order valence-corrected chi connectivity index (χ3v) is 11.9.